The second-order valence-corrected chi connectivity index (χ2v) is 11.8. The summed E-state index contributed by atoms with van der Waals surface area (Å²) in [5, 5.41) is 2.86. The van der Waals surface area contributed by atoms with Gasteiger partial charge in [0.05, 0.1) is 12.9 Å². The Hall–Kier alpha value is -1.83. The van der Waals surface area contributed by atoms with Crippen LogP contribution in [-0.4, -0.2) is 62.6 Å². The first-order valence-electron chi connectivity index (χ1n) is 10.7. The molecule has 2 aromatic rings. The Kier molecular flexibility index (Phi) is 6.68. The number of nitrogens with zero attached hydrogens (tertiary/aromatic N) is 4. The van der Waals surface area contributed by atoms with Gasteiger partial charge in [0.15, 0.2) is 22.1 Å². The van der Waals surface area contributed by atoms with E-state index < -0.39 is 43.9 Å². The number of carbonyl (C=O) groups is 1. The lowest BCUT2D eigenvalue weighted by Gasteiger charge is -2.35. The van der Waals surface area contributed by atoms with Gasteiger partial charge in [0.25, 0.3) is 5.85 Å². The molecule has 1 unspecified atom stereocenters. The van der Waals surface area contributed by atoms with Crippen LogP contribution in [0.4, 0.5) is 16.2 Å². The van der Waals surface area contributed by atoms with Crippen LogP contribution in [0.2, 0.25) is 0 Å². The monoisotopic (exact) mass is 518 g/mol. The molecule has 0 bridgehead atoms. The summed E-state index contributed by atoms with van der Waals surface area (Å²) in [6.45, 7) is 6.40. The van der Waals surface area contributed by atoms with Crippen LogP contribution in [0.25, 0.3) is 11.2 Å². The van der Waals surface area contributed by atoms with E-state index in [9.17, 15) is 9.36 Å². The number of halogens is 1. The third kappa shape index (κ3) is 4.67. The van der Waals surface area contributed by atoms with Crippen molar-refractivity contribution in [2.75, 3.05) is 37.1 Å². The van der Waals surface area contributed by atoms with Crippen molar-refractivity contribution in [1.82, 2.24) is 19.5 Å². The topological polar surface area (TPSA) is 153 Å². The summed E-state index contributed by atoms with van der Waals surface area (Å²) in [6.07, 6.45) is -0.683. The van der Waals surface area contributed by atoms with Gasteiger partial charge in [-0.15, -0.1) is 0 Å². The Balaban J connectivity index is 1.48. The molecule has 0 radical (unpaired) electrons. The van der Waals surface area contributed by atoms with E-state index in [1.54, 1.807) is 34.7 Å². The Labute approximate surface area is 200 Å². The quantitative estimate of drug-likeness (QED) is 0.427. The van der Waals surface area contributed by atoms with Crippen molar-refractivity contribution in [1.29, 1.82) is 0 Å². The van der Waals surface area contributed by atoms with Crippen molar-refractivity contribution < 1.29 is 32.1 Å². The molecule has 2 aromatic heterocycles. The molecule has 188 valence electrons. The third-order valence-corrected chi connectivity index (χ3v) is 8.13. The maximum Gasteiger partial charge on any atom is 0.475 e. The number of ether oxygens (including phenoxy) is 1. The first kappa shape index (κ1) is 25.3. The SMILES string of the molecule is CNc1nc(N)nc2c1ncn2[C@@H]1O[C@]2(F)COP(=O)(OCCSC(=O)C(C)(C)C)O[C@H]2[C@@H]1C. The maximum absolute atomic E-state index is 15.6. The molecule has 0 aliphatic carbocycles. The summed E-state index contributed by atoms with van der Waals surface area (Å²) in [4.78, 5) is 24.6. The molecule has 0 aromatic carbocycles. The number of hydrogen-bond donors (Lipinski definition) is 2. The molecule has 34 heavy (non-hydrogen) atoms. The number of nitrogens with one attached hydrogen (secondary N) is 1. The van der Waals surface area contributed by atoms with Gasteiger partial charge in [-0.05, 0) is 0 Å². The number of fused-ring (bicyclic) bond motifs is 2. The van der Waals surface area contributed by atoms with Gasteiger partial charge < -0.3 is 15.8 Å². The molecule has 3 N–H and O–H groups in total. The highest BCUT2D eigenvalue weighted by atomic mass is 32.2. The van der Waals surface area contributed by atoms with Gasteiger partial charge in [0.1, 0.15) is 18.9 Å². The molecular weight excluding hydrogens is 490 g/mol. The number of imidazole rings is 1. The summed E-state index contributed by atoms with van der Waals surface area (Å²) in [5.41, 5.74) is 6.07. The van der Waals surface area contributed by atoms with E-state index in [2.05, 4.69) is 20.3 Å². The molecule has 4 heterocycles. The predicted molar refractivity (Wildman–Crippen MR) is 124 cm³/mol. The minimum absolute atomic E-state index is 0.0110. The molecule has 0 amide bonds. The second kappa shape index (κ2) is 8.99. The van der Waals surface area contributed by atoms with Crippen LogP contribution in [0, 0.1) is 11.3 Å². The van der Waals surface area contributed by atoms with Crippen LogP contribution in [0.5, 0.6) is 0 Å². The van der Waals surface area contributed by atoms with Crippen LogP contribution in [0.3, 0.4) is 0 Å². The second-order valence-electron chi connectivity index (χ2n) is 9.12. The molecule has 12 nitrogen and oxygen atoms in total. The van der Waals surface area contributed by atoms with Crippen LogP contribution in [0.1, 0.15) is 33.9 Å². The van der Waals surface area contributed by atoms with E-state index >= 15 is 4.39 Å². The fourth-order valence-corrected chi connectivity index (χ4v) is 6.10. The first-order chi connectivity index (χ1) is 15.9. The van der Waals surface area contributed by atoms with Gasteiger partial charge in [0, 0.05) is 24.1 Å². The minimum atomic E-state index is -4.06. The van der Waals surface area contributed by atoms with Gasteiger partial charge in [0.2, 0.25) is 5.95 Å². The van der Waals surface area contributed by atoms with E-state index in [0.29, 0.717) is 17.0 Å². The number of rotatable bonds is 6. The van der Waals surface area contributed by atoms with Crippen molar-refractivity contribution in [3.63, 3.8) is 0 Å². The Bertz CT molecular complexity index is 1140. The molecule has 5 atom stereocenters. The third-order valence-electron chi connectivity index (χ3n) is 5.46. The van der Waals surface area contributed by atoms with Crippen molar-refractivity contribution in [3.8, 4) is 0 Å². The number of nitrogens with two attached hydrogens (primary N) is 1. The normalized spacial score (nSPS) is 31.5. The molecule has 0 saturated carbocycles. The van der Waals surface area contributed by atoms with Gasteiger partial charge in [-0.3, -0.25) is 22.9 Å². The lowest BCUT2D eigenvalue weighted by atomic mass is 10.00. The largest absolute Gasteiger partial charge is 0.475 e. The maximum atomic E-state index is 15.6. The summed E-state index contributed by atoms with van der Waals surface area (Å²) in [7, 11) is -2.39. The van der Waals surface area contributed by atoms with Crippen molar-refractivity contribution >= 4 is 47.6 Å². The van der Waals surface area contributed by atoms with Gasteiger partial charge in [-0.25, -0.2) is 13.9 Å². The summed E-state index contributed by atoms with van der Waals surface area (Å²) < 4.78 is 51.8. The fraction of sp³-hybridized carbons (Fsp3) is 0.684. The van der Waals surface area contributed by atoms with Gasteiger partial charge in [-0.1, -0.05) is 39.5 Å². The number of carbonyl (C=O) groups excluding carboxylic acids is 1. The number of nitrogen functional groups attached to an aromatic ring is 1. The highest BCUT2D eigenvalue weighted by molar-refractivity contribution is 8.13. The van der Waals surface area contributed by atoms with Crippen LogP contribution in [0.15, 0.2) is 6.33 Å². The summed E-state index contributed by atoms with van der Waals surface area (Å²) in [5.74, 6) is -2.30. The zero-order chi connectivity index (χ0) is 24.9. The molecule has 2 aliphatic rings. The summed E-state index contributed by atoms with van der Waals surface area (Å²) in [6, 6.07) is 0. The number of thioether (sulfide) groups is 1. The highest BCUT2D eigenvalue weighted by Crippen LogP contribution is 2.61. The molecular formula is C19H28FN6O6PS. The first-order valence-corrected chi connectivity index (χ1v) is 13.1. The molecule has 0 spiro atoms. The molecule has 2 saturated heterocycles. The van der Waals surface area contributed by atoms with Crippen LogP contribution < -0.4 is 11.1 Å². The van der Waals surface area contributed by atoms with Crippen molar-refractivity contribution in [2.24, 2.45) is 11.3 Å². The number of aromatic nitrogens is 4. The average molecular weight is 519 g/mol. The lowest BCUT2D eigenvalue weighted by Crippen LogP contribution is -2.45. The van der Waals surface area contributed by atoms with E-state index in [1.807, 2.05) is 0 Å². The Morgan fingerprint density at radius 2 is 2.21 bits per heavy atom. The Morgan fingerprint density at radius 1 is 1.47 bits per heavy atom. The molecule has 2 fully saturated rings. The summed E-state index contributed by atoms with van der Waals surface area (Å²) >= 11 is 1.06. The zero-order valence-electron chi connectivity index (χ0n) is 19.5. The van der Waals surface area contributed by atoms with Crippen molar-refractivity contribution in [3.05, 3.63) is 6.33 Å². The molecule has 2 aliphatic heterocycles. The lowest BCUT2D eigenvalue weighted by molar-refractivity contribution is -0.219. The van der Waals surface area contributed by atoms with Crippen LogP contribution >= 0.6 is 19.6 Å². The van der Waals surface area contributed by atoms with Crippen molar-refractivity contribution in [2.45, 2.75) is 45.9 Å². The van der Waals surface area contributed by atoms with E-state index in [1.165, 1.54) is 10.9 Å². The number of phosphoric ester groups is 1. The minimum Gasteiger partial charge on any atom is -0.371 e. The smallest absolute Gasteiger partial charge is 0.371 e. The van der Waals surface area contributed by atoms with E-state index in [0.717, 1.165) is 11.8 Å². The standard InChI is InChI=1S/C19H28FN6O6PS/c1-10-12-19(20,8-30-33(28,32-12)29-6-7-34-16(27)18(2,3)4)31-15(10)26-9-23-11-13(22-5)24-17(21)25-14(11)26/h9-10,12,15H,6-8H2,1-5H3,(H3,21,22,24,25)/t10-,12-,15+,19+,33?/m0/s1. The van der Waals surface area contributed by atoms with E-state index in [-0.39, 0.29) is 23.4 Å². The van der Waals surface area contributed by atoms with E-state index in [4.69, 9.17) is 24.0 Å². The number of anilines is 2. The van der Waals surface area contributed by atoms with Gasteiger partial charge >= 0.3 is 7.82 Å². The highest BCUT2D eigenvalue weighted by Gasteiger charge is 2.62. The fourth-order valence-electron chi connectivity index (χ4n) is 3.72. The zero-order valence-corrected chi connectivity index (χ0v) is 21.2. The Morgan fingerprint density at radius 3 is 2.88 bits per heavy atom. The predicted octanol–water partition coefficient (Wildman–Crippen LogP) is 3.13. The number of phosphoric acid groups is 1. The number of alkyl halides is 1. The average Bonchev–Trinajstić information content (AvgIpc) is 3.29. The molecule has 15 heteroatoms. The number of hydrogen-bond acceptors (Lipinski definition) is 12. The van der Waals surface area contributed by atoms with Gasteiger partial charge in [-0.2, -0.15) is 9.97 Å². The molecule has 4 rings (SSSR count). The van der Waals surface area contributed by atoms with Crippen LogP contribution in [-0.2, 0) is 27.7 Å².